The number of rotatable bonds is 4. The van der Waals surface area contributed by atoms with E-state index in [0.29, 0.717) is 12.2 Å². The van der Waals surface area contributed by atoms with Crippen LogP contribution in [0.2, 0.25) is 0 Å². The van der Waals surface area contributed by atoms with Gasteiger partial charge >= 0.3 is 0 Å². The lowest BCUT2D eigenvalue weighted by Gasteiger charge is -2.34. The van der Waals surface area contributed by atoms with Crippen molar-refractivity contribution in [3.63, 3.8) is 0 Å². The Morgan fingerprint density at radius 2 is 2.17 bits per heavy atom. The van der Waals surface area contributed by atoms with E-state index in [1.807, 2.05) is 6.92 Å². The molecule has 23 heavy (non-hydrogen) atoms. The molecule has 2 heterocycles. The van der Waals surface area contributed by atoms with Gasteiger partial charge in [-0.2, -0.15) is 0 Å². The number of piperidine rings is 1. The van der Waals surface area contributed by atoms with Crippen molar-refractivity contribution in [1.29, 1.82) is 0 Å². The molecule has 0 aliphatic carbocycles. The van der Waals surface area contributed by atoms with Crippen LogP contribution in [0.25, 0.3) is 0 Å². The van der Waals surface area contributed by atoms with E-state index in [0.717, 1.165) is 18.5 Å². The monoisotopic (exact) mass is 314 g/mol. The summed E-state index contributed by atoms with van der Waals surface area (Å²) in [5, 5.41) is 3.29. The number of hydrogen-bond acceptors (Lipinski definition) is 4. The Bertz CT molecular complexity index is 679. The van der Waals surface area contributed by atoms with Crippen molar-refractivity contribution in [1.82, 2.24) is 15.3 Å². The van der Waals surface area contributed by atoms with Crippen LogP contribution in [0.3, 0.4) is 0 Å². The van der Waals surface area contributed by atoms with E-state index in [2.05, 4.69) is 15.3 Å². The number of amides is 1. The highest BCUT2D eigenvalue weighted by molar-refractivity contribution is 5.98. The molecule has 5 nitrogen and oxygen atoms in total. The molecule has 3 rings (SSSR count). The van der Waals surface area contributed by atoms with Gasteiger partial charge in [0.2, 0.25) is 5.91 Å². The summed E-state index contributed by atoms with van der Waals surface area (Å²) in [6.07, 6.45) is 6.47. The Balaban J connectivity index is 1.74. The topological polar surface area (TPSA) is 58.1 Å². The fourth-order valence-corrected chi connectivity index (χ4v) is 2.86. The standard InChI is InChI=1S/C17H19FN4O/c1-12(15-11-19-8-9-20-15)21-14-6-4-10-22(17(14)23)16-7-3-2-5-13(16)18/h2-3,5,7-9,11-12,14,21H,4,6,10H2,1H3/t12-,14-/m0/s1. The van der Waals surface area contributed by atoms with Crippen LogP contribution in [0, 0.1) is 5.82 Å². The highest BCUT2D eigenvalue weighted by Crippen LogP contribution is 2.24. The van der Waals surface area contributed by atoms with Gasteiger partial charge in [-0.3, -0.25) is 20.1 Å². The molecule has 2 atom stereocenters. The third kappa shape index (κ3) is 3.37. The number of anilines is 1. The van der Waals surface area contributed by atoms with E-state index < -0.39 is 0 Å². The van der Waals surface area contributed by atoms with Crippen molar-refractivity contribution in [2.75, 3.05) is 11.4 Å². The molecule has 0 unspecified atom stereocenters. The molecule has 120 valence electrons. The maximum Gasteiger partial charge on any atom is 0.244 e. The Morgan fingerprint density at radius 1 is 1.35 bits per heavy atom. The van der Waals surface area contributed by atoms with Crippen LogP contribution in [0.5, 0.6) is 0 Å². The van der Waals surface area contributed by atoms with Gasteiger partial charge in [-0.15, -0.1) is 0 Å². The van der Waals surface area contributed by atoms with Crippen LogP contribution in [0.1, 0.15) is 31.5 Å². The van der Waals surface area contributed by atoms with Gasteiger partial charge in [0.1, 0.15) is 5.82 Å². The first-order chi connectivity index (χ1) is 11.2. The van der Waals surface area contributed by atoms with Gasteiger partial charge in [-0.1, -0.05) is 12.1 Å². The summed E-state index contributed by atoms with van der Waals surface area (Å²) in [7, 11) is 0. The average molecular weight is 314 g/mol. The summed E-state index contributed by atoms with van der Waals surface area (Å²) in [6.45, 7) is 2.48. The molecule has 0 radical (unpaired) electrons. The predicted octanol–water partition coefficient (Wildman–Crippen LogP) is 2.46. The van der Waals surface area contributed by atoms with Gasteiger partial charge in [-0.25, -0.2) is 4.39 Å². The van der Waals surface area contributed by atoms with Gasteiger partial charge in [0, 0.05) is 31.2 Å². The normalized spacial score (nSPS) is 19.7. The first-order valence-electron chi connectivity index (χ1n) is 7.74. The highest BCUT2D eigenvalue weighted by Gasteiger charge is 2.31. The van der Waals surface area contributed by atoms with Crippen molar-refractivity contribution in [2.24, 2.45) is 0 Å². The minimum absolute atomic E-state index is 0.0989. The Labute approximate surface area is 134 Å². The molecule has 1 saturated heterocycles. The first-order valence-corrected chi connectivity index (χ1v) is 7.74. The SMILES string of the molecule is C[C@H](N[C@H]1CCCN(c2ccccc2F)C1=O)c1cnccn1. The molecule has 1 aromatic carbocycles. The average Bonchev–Trinajstić information content (AvgIpc) is 2.58. The number of nitrogens with one attached hydrogen (secondary N) is 1. The molecule has 1 aromatic heterocycles. The third-order valence-electron chi connectivity index (χ3n) is 4.06. The Hall–Kier alpha value is -2.34. The van der Waals surface area contributed by atoms with E-state index in [-0.39, 0.29) is 23.8 Å². The van der Waals surface area contributed by atoms with E-state index >= 15 is 0 Å². The fourth-order valence-electron chi connectivity index (χ4n) is 2.86. The minimum atomic E-state index is -0.372. The first kappa shape index (κ1) is 15.6. The summed E-state index contributed by atoms with van der Waals surface area (Å²) in [4.78, 5) is 22.5. The third-order valence-corrected chi connectivity index (χ3v) is 4.06. The smallest absolute Gasteiger partial charge is 0.244 e. The number of carbonyl (C=O) groups excluding carboxylic acids is 1. The lowest BCUT2D eigenvalue weighted by molar-refractivity contribution is -0.122. The lowest BCUT2D eigenvalue weighted by Crippen LogP contribution is -2.51. The molecule has 2 aromatic rings. The molecule has 1 amide bonds. The second kappa shape index (κ2) is 6.83. The van der Waals surface area contributed by atoms with Crippen LogP contribution in [0.4, 0.5) is 10.1 Å². The number of para-hydroxylation sites is 1. The molecule has 0 bridgehead atoms. The summed E-state index contributed by atoms with van der Waals surface area (Å²) < 4.78 is 14.0. The molecular formula is C17H19FN4O. The molecule has 1 fully saturated rings. The fraction of sp³-hybridized carbons (Fsp3) is 0.353. The zero-order valence-electron chi connectivity index (χ0n) is 12.9. The quantitative estimate of drug-likeness (QED) is 0.942. The second-order valence-electron chi connectivity index (χ2n) is 5.65. The van der Waals surface area contributed by atoms with Crippen LogP contribution in [-0.4, -0.2) is 28.5 Å². The van der Waals surface area contributed by atoms with Crippen LogP contribution in [-0.2, 0) is 4.79 Å². The van der Waals surface area contributed by atoms with Crippen LogP contribution < -0.4 is 10.2 Å². The van der Waals surface area contributed by atoms with Crippen LogP contribution in [0.15, 0.2) is 42.9 Å². The number of benzene rings is 1. The van der Waals surface area contributed by atoms with E-state index in [4.69, 9.17) is 0 Å². The molecule has 0 spiro atoms. The molecular weight excluding hydrogens is 295 g/mol. The minimum Gasteiger partial charge on any atom is -0.308 e. The highest BCUT2D eigenvalue weighted by atomic mass is 19.1. The molecule has 0 saturated carbocycles. The van der Waals surface area contributed by atoms with Gasteiger partial charge in [0.05, 0.1) is 17.4 Å². The van der Waals surface area contributed by atoms with Gasteiger partial charge in [0.15, 0.2) is 0 Å². The molecule has 6 heteroatoms. The Kier molecular flexibility index (Phi) is 4.62. The predicted molar refractivity (Wildman–Crippen MR) is 85.4 cm³/mol. The van der Waals surface area contributed by atoms with Crippen molar-refractivity contribution in [3.05, 3.63) is 54.4 Å². The number of nitrogens with zero attached hydrogens (tertiary/aromatic N) is 3. The molecule has 1 N–H and O–H groups in total. The lowest BCUT2D eigenvalue weighted by atomic mass is 10.0. The van der Waals surface area contributed by atoms with Gasteiger partial charge in [0.25, 0.3) is 0 Å². The van der Waals surface area contributed by atoms with Crippen molar-refractivity contribution in [2.45, 2.75) is 31.8 Å². The second-order valence-corrected chi connectivity index (χ2v) is 5.65. The Morgan fingerprint density at radius 3 is 2.91 bits per heavy atom. The number of halogens is 1. The zero-order chi connectivity index (χ0) is 16.2. The molecule has 1 aliphatic heterocycles. The van der Waals surface area contributed by atoms with Gasteiger partial charge < -0.3 is 4.90 Å². The summed E-state index contributed by atoms with van der Waals surface area (Å²) in [5.41, 5.74) is 1.12. The molecule has 1 aliphatic rings. The zero-order valence-corrected chi connectivity index (χ0v) is 12.9. The maximum atomic E-state index is 14.0. The number of hydrogen-bond donors (Lipinski definition) is 1. The largest absolute Gasteiger partial charge is 0.308 e. The van der Waals surface area contributed by atoms with Crippen molar-refractivity contribution < 1.29 is 9.18 Å². The number of aromatic nitrogens is 2. The van der Waals surface area contributed by atoms with Gasteiger partial charge in [-0.05, 0) is 31.9 Å². The maximum absolute atomic E-state index is 14.0. The number of carbonyl (C=O) groups is 1. The van der Waals surface area contributed by atoms with Crippen molar-refractivity contribution in [3.8, 4) is 0 Å². The van der Waals surface area contributed by atoms with E-state index in [1.165, 1.54) is 11.0 Å². The van der Waals surface area contributed by atoms with E-state index in [9.17, 15) is 9.18 Å². The van der Waals surface area contributed by atoms with E-state index in [1.54, 1.807) is 36.8 Å². The van der Waals surface area contributed by atoms with Crippen LogP contribution >= 0.6 is 0 Å². The summed E-state index contributed by atoms with van der Waals surface area (Å²) >= 11 is 0. The summed E-state index contributed by atoms with van der Waals surface area (Å²) in [5.74, 6) is -0.472. The summed E-state index contributed by atoms with van der Waals surface area (Å²) in [6, 6.07) is 5.94. The van der Waals surface area contributed by atoms with Crippen molar-refractivity contribution >= 4 is 11.6 Å².